The van der Waals surface area contributed by atoms with E-state index in [1.807, 2.05) is 19.9 Å². The Morgan fingerprint density at radius 3 is 2.65 bits per heavy atom. The fourth-order valence-corrected chi connectivity index (χ4v) is 1.98. The molecule has 2 aromatic rings. The lowest BCUT2D eigenvalue weighted by atomic mass is 10.1. The van der Waals surface area contributed by atoms with Gasteiger partial charge in [0.05, 0.1) is 17.9 Å². The number of hydrogen-bond acceptors (Lipinski definition) is 3. The maximum atomic E-state index is 5.74. The Morgan fingerprint density at radius 2 is 2.12 bits per heavy atom. The Labute approximate surface area is 106 Å². The van der Waals surface area contributed by atoms with Crippen molar-refractivity contribution in [3.8, 4) is 0 Å². The van der Waals surface area contributed by atoms with Gasteiger partial charge in [0.1, 0.15) is 16.7 Å². The first-order valence-electron chi connectivity index (χ1n) is 5.51. The number of anilines is 1. The van der Waals surface area contributed by atoms with Crippen molar-refractivity contribution < 1.29 is 4.42 Å². The summed E-state index contributed by atoms with van der Waals surface area (Å²) in [4.78, 5) is 4.03. The lowest BCUT2D eigenvalue weighted by Gasteiger charge is -2.14. The van der Waals surface area contributed by atoms with Gasteiger partial charge >= 0.3 is 0 Å². The molecule has 0 aromatic carbocycles. The van der Waals surface area contributed by atoms with Crippen molar-refractivity contribution in [1.82, 2.24) is 4.98 Å². The molecule has 0 amide bonds. The smallest absolute Gasteiger partial charge is 0.129 e. The van der Waals surface area contributed by atoms with E-state index >= 15 is 0 Å². The quantitative estimate of drug-likeness (QED) is 0.833. The number of aryl methyl sites for hydroxylation is 2. The molecule has 3 nitrogen and oxygen atoms in total. The normalized spacial score (nSPS) is 12.5. The van der Waals surface area contributed by atoms with Gasteiger partial charge in [-0.05, 0) is 39.0 Å². The predicted octanol–water partition coefficient (Wildman–Crippen LogP) is 4.12. The lowest BCUT2D eigenvalue weighted by molar-refractivity contribution is 0.500. The number of furan rings is 1. The number of pyridine rings is 1. The van der Waals surface area contributed by atoms with Gasteiger partial charge in [-0.25, -0.2) is 4.98 Å². The molecule has 2 rings (SSSR count). The molecule has 1 unspecified atom stereocenters. The summed E-state index contributed by atoms with van der Waals surface area (Å²) < 4.78 is 5.52. The maximum Gasteiger partial charge on any atom is 0.129 e. The third kappa shape index (κ3) is 2.80. The van der Waals surface area contributed by atoms with Crippen LogP contribution in [0, 0.1) is 13.8 Å². The minimum Gasteiger partial charge on any atom is -0.466 e. The molecule has 4 heteroatoms. The van der Waals surface area contributed by atoms with Gasteiger partial charge < -0.3 is 9.73 Å². The fourth-order valence-electron chi connectivity index (χ4n) is 1.87. The van der Waals surface area contributed by atoms with Crippen LogP contribution in [0.2, 0.25) is 5.15 Å². The van der Waals surface area contributed by atoms with Crippen LogP contribution in [0.25, 0.3) is 0 Å². The summed E-state index contributed by atoms with van der Waals surface area (Å²) in [6.45, 7) is 6.01. The molecule has 0 bridgehead atoms. The fraction of sp³-hybridized carbons (Fsp3) is 0.308. The minimum atomic E-state index is 0.176. The lowest BCUT2D eigenvalue weighted by Crippen LogP contribution is -2.06. The number of rotatable bonds is 3. The molecule has 0 aliphatic heterocycles. The minimum absolute atomic E-state index is 0.176. The molecule has 0 aliphatic carbocycles. The standard InChI is InChI=1S/C13H15ClN2O/c1-8-6-12(10(3)17-8)9(2)16-11-4-5-13(14)15-7-11/h4-7,9,16H,1-3H3. The van der Waals surface area contributed by atoms with Crippen molar-refractivity contribution in [2.24, 2.45) is 0 Å². The summed E-state index contributed by atoms with van der Waals surface area (Å²) in [6.07, 6.45) is 1.72. The second-order valence-corrected chi connectivity index (χ2v) is 4.49. The number of nitrogens with zero attached hydrogens (tertiary/aromatic N) is 1. The van der Waals surface area contributed by atoms with Crippen LogP contribution in [0.15, 0.2) is 28.8 Å². The Hall–Kier alpha value is -1.48. The van der Waals surface area contributed by atoms with Crippen LogP contribution in [0.3, 0.4) is 0 Å². The summed E-state index contributed by atoms with van der Waals surface area (Å²) >= 11 is 5.74. The van der Waals surface area contributed by atoms with E-state index in [4.69, 9.17) is 16.0 Å². The molecular weight excluding hydrogens is 236 g/mol. The summed E-state index contributed by atoms with van der Waals surface area (Å²) in [7, 11) is 0. The highest BCUT2D eigenvalue weighted by Crippen LogP contribution is 2.24. The zero-order valence-corrected chi connectivity index (χ0v) is 10.9. The number of aromatic nitrogens is 1. The molecule has 0 radical (unpaired) electrons. The van der Waals surface area contributed by atoms with Crippen molar-refractivity contribution in [1.29, 1.82) is 0 Å². The molecular formula is C13H15ClN2O. The van der Waals surface area contributed by atoms with E-state index in [1.54, 1.807) is 12.3 Å². The van der Waals surface area contributed by atoms with E-state index in [9.17, 15) is 0 Å². The first kappa shape index (κ1) is 12.0. The molecule has 0 saturated carbocycles. The van der Waals surface area contributed by atoms with Gasteiger partial charge in [0.2, 0.25) is 0 Å². The highest BCUT2D eigenvalue weighted by atomic mass is 35.5. The maximum absolute atomic E-state index is 5.74. The molecule has 0 saturated heterocycles. The van der Waals surface area contributed by atoms with E-state index in [0.29, 0.717) is 5.15 Å². The SMILES string of the molecule is Cc1cc(C(C)Nc2ccc(Cl)nc2)c(C)o1. The predicted molar refractivity (Wildman–Crippen MR) is 69.5 cm³/mol. The summed E-state index contributed by atoms with van der Waals surface area (Å²) in [5.41, 5.74) is 2.11. The Kier molecular flexibility index (Phi) is 3.38. The van der Waals surface area contributed by atoms with E-state index in [0.717, 1.165) is 22.8 Å². The van der Waals surface area contributed by atoms with Crippen LogP contribution in [0.4, 0.5) is 5.69 Å². The van der Waals surface area contributed by atoms with Gasteiger partial charge in [0, 0.05) is 5.56 Å². The van der Waals surface area contributed by atoms with Gasteiger partial charge in [-0.2, -0.15) is 0 Å². The molecule has 2 heterocycles. The van der Waals surface area contributed by atoms with Crippen LogP contribution in [0.1, 0.15) is 30.0 Å². The topological polar surface area (TPSA) is 38.1 Å². The van der Waals surface area contributed by atoms with Crippen LogP contribution in [0.5, 0.6) is 0 Å². The summed E-state index contributed by atoms with van der Waals surface area (Å²) in [6, 6.07) is 5.91. The highest BCUT2D eigenvalue weighted by molar-refractivity contribution is 6.29. The third-order valence-corrected chi connectivity index (χ3v) is 2.88. The first-order valence-corrected chi connectivity index (χ1v) is 5.89. The average Bonchev–Trinajstić information content (AvgIpc) is 2.61. The molecule has 0 aliphatic rings. The van der Waals surface area contributed by atoms with Gasteiger partial charge in [0.15, 0.2) is 0 Å². The monoisotopic (exact) mass is 250 g/mol. The van der Waals surface area contributed by atoms with Crippen molar-refractivity contribution >= 4 is 17.3 Å². The van der Waals surface area contributed by atoms with Crippen LogP contribution < -0.4 is 5.32 Å². The molecule has 17 heavy (non-hydrogen) atoms. The molecule has 0 fully saturated rings. The van der Waals surface area contributed by atoms with E-state index in [-0.39, 0.29) is 6.04 Å². The van der Waals surface area contributed by atoms with E-state index < -0.39 is 0 Å². The zero-order chi connectivity index (χ0) is 12.4. The third-order valence-electron chi connectivity index (χ3n) is 2.66. The second-order valence-electron chi connectivity index (χ2n) is 4.10. The van der Waals surface area contributed by atoms with Gasteiger partial charge in [-0.1, -0.05) is 11.6 Å². The molecule has 1 atom stereocenters. The van der Waals surface area contributed by atoms with E-state index in [1.165, 1.54) is 0 Å². The zero-order valence-electron chi connectivity index (χ0n) is 10.1. The molecule has 90 valence electrons. The van der Waals surface area contributed by atoms with Gasteiger partial charge in [-0.15, -0.1) is 0 Å². The average molecular weight is 251 g/mol. The van der Waals surface area contributed by atoms with Crippen LogP contribution in [-0.2, 0) is 0 Å². The summed E-state index contributed by atoms with van der Waals surface area (Å²) in [5, 5.41) is 3.86. The first-order chi connectivity index (χ1) is 8.06. The van der Waals surface area contributed by atoms with Crippen molar-refractivity contribution in [2.75, 3.05) is 5.32 Å². The van der Waals surface area contributed by atoms with E-state index in [2.05, 4.69) is 23.3 Å². The highest BCUT2D eigenvalue weighted by Gasteiger charge is 2.12. The molecule has 1 N–H and O–H groups in total. The molecule has 0 spiro atoms. The Morgan fingerprint density at radius 1 is 1.35 bits per heavy atom. The van der Waals surface area contributed by atoms with Gasteiger partial charge in [0.25, 0.3) is 0 Å². The largest absolute Gasteiger partial charge is 0.466 e. The van der Waals surface area contributed by atoms with Crippen LogP contribution >= 0.6 is 11.6 Å². The van der Waals surface area contributed by atoms with Gasteiger partial charge in [-0.3, -0.25) is 0 Å². The van der Waals surface area contributed by atoms with Crippen molar-refractivity contribution in [2.45, 2.75) is 26.8 Å². The molecule has 2 aromatic heterocycles. The summed E-state index contributed by atoms with van der Waals surface area (Å²) in [5.74, 6) is 1.88. The number of halogens is 1. The number of nitrogens with one attached hydrogen (secondary N) is 1. The van der Waals surface area contributed by atoms with Crippen LogP contribution in [-0.4, -0.2) is 4.98 Å². The Balaban J connectivity index is 2.14. The van der Waals surface area contributed by atoms with Crippen molar-refractivity contribution in [3.63, 3.8) is 0 Å². The van der Waals surface area contributed by atoms with Crippen molar-refractivity contribution in [3.05, 3.63) is 46.6 Å². The number of hydrogen-bond donors (Lipinski definition) is 1. The Bertz CT molecular complexity index is 505. The second kappa shape index (κ2) is 4.80.